The van der Waals surface area contributed by atoms with Gasteiger partial charge in [-0.1, -0.05) is 0 Å². The third kappa shape index (κ3) is 4.42. The average Bonchev–Trinajstić information content (AvgIpc) is 3.45. The molecule has 3 aromatic rings. The summed E-state index contributed by atoms with van der Waals surface area (Å²) in [6, 6.07) is 3.20. The van der Waals surface area contributed by atoms with E-state index in [0.29, 0.717) is 30.3 Å². The van der Waals surface area contributed by atoms with Crippen molar-refractivity contribution in [2.45, 2.75) is 51.5 Å². The zero-order chi connectivity index (χ0) is 22.9. The van der Waals surface area contributed by atoms with Gasteiger partial charge in [-0.15, -0.1) is 0 Å². The lowest BCUT2D eigenvalue weighted by Crippen LogP contribution is -2.36. The second kappa shape index (κ2) is 9.05. The van der Waals surface area contributed by atoms with Crippen LogP contribution in [-0.2, 0) is 16.1 Å². The number of aromatic nitrogens is 4. The van der Waals surface area contributed by atoms with Crippen molar-refractivity contribution in [2.24, 2.45) is 11.8 Å². The van der Waals surface area contributed by atoms with Crippen LogP contribution in [0.3, 0.4) is 0 Å². The Balaban J connectivity index is 1.22. The van der Waals surface area contributed by atoms with E-state index >= 15 is 0 Å². The Morgan fingerprint density at radius 2 is 2.03 bits per heavy atom. The zero-order valence-corrected chi connectivity index (χ0v) is 18.9. The van der Waals surface area contributed by atoms with Crippen molar-refractivity contribution in [3.63, 3.8) is 0 Å². The third-order valence-electron chi connectivity index (χ3n) is 6.74. The average molecular weight is 454 g/mol. The van der Waals surface area contributed by atoms with Gasteiger partial charge in [0.1, 0.15) is 11.6 Å². The highest BCUT2D eigenvalue weighted by Crippen LogP contribution is 2.37. The standard InChI is InChI=1S/C24H28FN5O3/c1-15-27-23-22(32-2)10-17(14-29(23)28-15)9-16-3-5-18(6-4-16)24(31)30-21(7-8-33-30)19-11-20(25)13-26-12-19/h10-14,16,18,21H,3-9H2,1-2H3/t16-,18-,21-/m0/s1. The van der Waals surface area contributed by atoms with Crippen molar-refractivity contribution in [1.82, 2.24) is 24.6 Å². The highest BCUT2D eigenvalue weighted by atomic mass is 19.1. The van der Waals surface area contributed by atoms with Crippen LogP contribution in [0.15, 0.2) is 30.7 Å². The first-order chi connectivity index (χ1) is 16.0. The Labute approximate surface area is 191 Å². The molecular weight excluding hydrogens is 425 g/mol. The molecule has 5 rings (SSSR count). The molecule has 0 N–H and O–H groups in total. The molecule has 0 bridgehead atoms. The molecule has 33 heavy (non-hydrogen) atoms. The Morgan fingerprint density at radius 3 is 2.79 bits per heavy atom. The van der Waals surface area contributed by atoms with E-state index in [1.165, 1.54) is 17.3 Å². The summed E-state index contributed by atoms with van der Waals surface area (Å²) in [5.74, 6) is 1.45. The van der Waals surface area contributed by atoms with Crippen molar-refractivity contribution in [3.05, 3.63) is 53.5 Å². The van der Waals surface area contributed by atoms with E-state index in [0.717, 1.165) is 49.1 Å². The lowest BCUT2D eigenvalue weighted by atomic mass is 9.79. The van der Waals surface area contributed by atoms with Gasteiger partial charge in [-0.3, -0.25) is 14.6 Å². The number of halogens is 1. The number of carbonyl (C=O) groups is 1. The summed E-state index contributed by atoms with van der Waals surface area (Å²) in [7, 11) is 1.65. The fraction of sp³-hybridized carbons (Fsp3) is 0.500. The molecule has 3 aromatic heterocycles. The van der Waals surface area contributed by atoms with Gasteiger partial charge in [0, 0.05) is 24.7 Å². The van der Waals surface area contributed by atoms with Crippen LogP contribution in [0.2, 0.25) is 0 Å². The number of carbonyl (C=O) groups excluding carboxylic acids is 1. The molecule has 2 aliphatic rings. The van der Waals surface area contributed by atoms with Crippen molar-refractivity contribution in [1.29, 1.82) is 0 Å². The van der Waals surface area contributed by atoms with E-state index in [4.69, 9.17) is 9.57 Å². The molecule has 1 amide bonds. The number of nitrogens with zero attached hydrogens (tertiary/aromatic N) is 5. The topological polar surface area (TPSA) is 81.8 Å². The first-order valence-electron chi connectivity index (χ1n) is 11.5. The first kappa shape index (κ1) is 21.8. The van der Waals surface area contributed by atoms with E-state index in [2.05, 4.69) is 15.1 Å². The van der Waals surface area contributed by atoms with Gasteiger partial charge in [-0.25, -0.2) is 19.0 Å². The molecule has 4 heterocycles. The maximum Gasteiger partial charge on any atom is 0.249 e. The number of rotatable bonds is 5. The van der Waals surface area contributed by atoms with Gasteiger partial charge < -0.3 is 4.74 Å². The van der Waals surface area contributed by atoms with Crippen molar-refractivity contribution in [3.8, 4) is 5.75 Å². The molecule has 2 fully saturated rings. The van der Waals surface area contributed by atoms with E-state index in [1.54, 1.807) is 17.8 Å². The quantitative estimate of drug-likeness (QED) is 0.584. The van der Waals surface area contributed by atoms with Crippen LogP contribution in [0.25, 0.3) is 5.65 Å². The van der Waals surface area contributed by atoms with Crippen LogP contribution < -0.4 is 4.74 Å². The predicted octanol–water partition coefficient (Wildman–Crippen LogP) is 3.83. The Bertz CT molecular complexity index is 1160. The summed E-state index contributed by atoms with van der Waals surface area (Å²) < 4.78 is 20.9. The number of hydroxylamine groups is 2. The second-order valence-electron chi connectivity index (χ2n) is 9.00. The van der Waals surface area contributed by atoms with Gasteiger partial charge >= 0.3 is 0 Å². The van der Waals surface area contributed by atoms with Crippen LogP contribution in [0, 0.1) is 24.6 Å². The van der Waals surface area contributed by atoms with Crippen molar-refractivity contribution >= 4 is 11.6 Å². The zero-order valence-electron chi connectivity index (χ0n) is 18.9. The first-order valence-corrected chi connectivity index (χ1v) is 11.5. The van der Waals surface area contributed by atoms with Crippen LogP contribution in [0.1, 0.15) is 55.1 Å². The van der Waals surface area contributed by atoms with E-state index in [-0.39, 0.29) is 17.9 Å². The van der Waals surface area contributed by atoms with Crippen LogP contribution in [0.4, 0.5) is 4.39 Å². The fourth-order valence-corrected chi connectivity index (χ4v) is 5.10. The molecule has 1 saturated heterocycles. The predicted molar refractivity (Wildman–Crippen MR) is 118 cm³/mol. The summed E-state index contributed by atoms with van der Waals surface area (Å²) in [5, 5.41) is 5.89. The van der Waals surface area contributed by atoms with E-state index in [1.807, 2.05) is 19.2 Å². The normalized spacial score (nSPS) is 23.2. The van der Waals surface area contributed by atoms with Gasteiger partial charge in [-0.2, -0.15) is 5.10 Å². The monoisotopic (exact) mass is 453 g/mol. The molecular formula is C24H28FN5O3. The number of amides is 1. The number of pyridine rings is 2. The van der Waals surface area contributed by atoms with Crippen LogP contribution in [-0.4, -0.2) is 44.3 Å². The second-order valence-corrected chi connectivity index (χ2v) is 9.00. The minimum atomic E-state index is -0.400. The summed E-state index contributed by atoms with van der Waals surface area (Å²) in [6.45, 7) is 2.32. The molecule has 1 aliphatic carbocycles. The number of ether oxygens (including phenoxy) is 1. The molecule has 174 valence electrons. The molecule has 8 nitrogen and oxygen atoms in total. The Kier molecular flexibility index (Phi) is 5.97. The number of aryl methyl sites for hydroxylation is 1. The van der Waals surface area contributed by atoms with Crippen LogP contribution in [0.5, 0.6) is 5.75 Å². The van der Waals surface area contributed by atoms with Crippen LogP contribution >= 0.6 is 0 Å². The molecule has 0 spiro atoms. The third-order valence-corrected chi connectivity index (χ3v) is 6.74. The van der Waals surface area contributed by atoms with E-state index in [9.17, 15) is 9.18 Å². The SMILES string of the molecule is COc1cc(C[C@H]2CC[C@H](C(=O)N3OCC[C@H]3c3cncc(F)c3)CC2)cn2nc(C)nc12. The van der Waals surface area contributed by atoms with Gasteiger partial charge in [0.15, 0.2) is 11.4 Å². The lowest BCUT2D eigenvalue weighted by molar-refractivity contribution is -0.183. The highest BCUT2D eigenvalue weighted by molar-refractivity contribution is 5.78. The lowest BCUT2D eigenvalue weighted by Gasteiger charge is -2.32. The fourth-order valence-electron chi connectivity index (χ4n) is 5.10. The van der Waals surface area contributed by atoms with Gasteiger partial charge in [0.05, 0.1) is 26.0 Å². The summed E-state index contributed by atoms with van der Waals surface area (Å²) in [6.07, 6.45) is 9.93. The molecule has 9 heteroatoms. The minimum absolute atomic E-state index is 0.00129. The number of methoxy groups -OCH3 is 1. The molecule has 0 unspecified atom stereocenters. The Morgan fingerprint density at radius 1 is 1.21 bits per heavy atom. The summed E-state index contributed by atoms with van der Waals surface area (Å²) >= 11 is 0. The van der Waals surface area contributed by atoms with Gasteiger partial charge in [-0.05, 0) is 68.2 Å². The number of hydrogen-bond acceptors (Lipinski definition) is 6. The highest BCUT2D eigenvalue weighted by Gasteiger charge is 2.37. The number of fused-ring (bicyclic) bond motifs is 1. The van der Waals surface area contributed by atoms with Gasteiger partial charge in [0.2, 0.25) is 5.91 Å². The largest absolute Gasteiger partial charge is 0.493 e. The summed E-state index contributed by atoms with van der Waals surface area (Å²) in [4.78, 5) is 27.2. The molecule has 1 atom stereocenters. The Hall–Kier alpha value is -3.07. The van der Waals surface area contributed by atoms with Crippen molar-refractivity contribution in [2.75, 3.05) is 13.7 Å². The van der Waals surface area contributed by atoms with Gasteiger partial charge in [0.25, 0.3) is 0 Å². The summed E-state index contributed by atoms with van der Waals surface area (Å²) in [5.41, 5.74) is 2.56. The maximum atomic E-state index is 13.6. The number of hydrogen-bond donors (Lipinski definition) is 0. The minimum Gasteiger partial charge on any atom is -0.493 e. The maximum absolute atomic E-state index is 13.6. The molecule has 1 saturated carbocycles. The molecule has 0 aromatic carbocycles. The molecule has 1 aliphatic heterocycles. The molecule has 0 radical (unpaired) electrons. The smallest absolute Gasteiger partial charge is 0.249 e. The van der Waals surface area contributed by atoms with Crippen molar-refractivity contribution < 1.29 is 18.8 Å². The van der Waals surface area contributed by atoms with E-state index < -0.39 is 5.82 Å².